The molecular weight excluding hydrogens is 416 g/mol. The summed E-state index contributed by atoms with van der Waals surface area (Å²) in [5, 5.41) is 3.94. The number of carbonyl (C=O) groups excluding carboxylic acids is 2. The first-order valence-electron chi connectivity index (χ1n) is 10.9. The van der Waals surface area contributed by atoms with Gasteiger partial charge in [-0.05, 0) is 24.5 Å². The van der Waals surface area contributed by atoms with E-state index in [9.17, 15) is 18.0 Å². The monoisotopic (exact) mass is 446 g/mol. The Kier molecular flexibility index (Phi) is 6.34. The third-order valence-corrected chi connectivity index (χ3v) is 7.81. The smallest absolute Gasteiger partial charge is 0.227 e. The van der Waals surface area contributed by atoms with Crippen molar-refractivity contribution in [1.82, 2.24) is 19.5 Å². The van der Waals surface area contributed by atoms with Gasteiger partial charge in [0.1, 0.15) is 0 Å². The first-order chi connectivity index (χ1) is 14.8. The number of H-pyrrole nitrogens is 1. The summed E-state index contributed by atoms with van der Waals surface area (Å²) in [6.45, 7) is 1.27. The predicted molar refractivity (Wildman–Crippen MR) is 119 cm³/mol. The lowest BCUT2D eigenvalue weighted by Gasteiger charge is -2.39. The van der Waals surface area contributed by atoms with Crippen LogP contribution >= 0.6 is 0 Å². The number of fused-ring (bicyclic) bond motifs is 2. The van der Waals surface area contributed by atoms with E-state index < -0.39 is 10.0 Å². The second-order valence-electron chi connectivity index (χ2n) is 8.54. The fraction of sp³-hybridized carbons (Fsp3) is 0.545. The van der Waals surface area contributed by atoms with E-state index in [4.69, 9.17) is 0 Å². The van der Waals surface area contributed by atoms with Crippen molar-refractivity contribution in [3.8, 4) is 0 Å². The molecular formula is C22H30N4O4S. The summed E-state index contributed by atoms with van der Waals surface area (Å²) < 4.78 is 26.6. The van der Waals surface area contributed by atoms with Gasteiger partial charge in [-0.15, -0.1) is 0 Å². The SMILES string of the molecule is CS(=O)(=O)N1CCN(C(=O)Cc2c[nH]c3ccccc23)CCNC(=O)[C@H]2CCCC[C@H]21. The van der Waals surface area contributed by atoms with Crippen LogP contribution in [0.3, 0.4) is 0 Å². The number of nitrogens with zero attached hydrogens (tertiary/aromatic N) is 2. The van der Waals surface area contributed by atoms with E-state index in [-0.39, 0.29) is 36.7 Å². The van der Waals surface area contributed by atoms with Gasteiger partial charge in [0.2, 0.25) is 21.8 Å². The van der Waals surface area contributed by atoms with Crippen LogP contribution in [-0.2, 0) is 26.0 Å². The molecule has 0 unspecified atom stereocenters. The van der Waals surface area contributed by atoms with Gasteiger partial charge in [-0.3, -0.25) is 9.59 Å². The Morgan fingerprint density at radius 1 is 1.13 bits per heavy atom. The van der Waals surface area contributed by atoms with Crippen LogP contribution in [0.4, 0.5) is 0 Å². The minimum Gasteiger partial charge on any atom is -0.361 e. The van der Waals surface area contributed by atoms with Crippen molar-refractivity contribution >= 4 is 32.7 Å². The quantitative estimate of drug-likeness (QED) is 0.746. The molecule has 1 aliphatic carbocycles. The number of rotatable bonds is 3. The lowest BCUT2D eigenvalue weighted by molar-refractivity contribution is -0.133. The molecule has 1 saturated heterocycles. The molecule has 1 saturated carbocycles. The van der Waals surface area contributed by atoms with Crippen LogP contribution in [-0.4, -0.2) is 72.9 Å². The zero-order valence-corrected chi connectivity index (χ0v) is 18.7. The van der Waals surface area contributed by atoms with E-state index in [0.29, 0.717) is 32.5 Å². The van der Waals surface area contributed by atoms with E-state index in [1.807, 2.05) is 30.5 Å². The molecule has 1 aromatic carbocycles. The van der Waals surface area contributed by atoms with Crippen LogP contribution in [0.25, 0.3) is 10.9 Å². The summed E-state index contributed by atoms with van der Waals surface area (Å²) in [4.78, 5) is 30.8. The zero-order valence-electron chi connectivity index (χ0n) is 17.8. The molecule has 0 spiro atoms. The first-order valence-corrected chi connectivity index (χ1v) is 12.8. The van der Waals surface area contributed by atoms with Crippen LogP contribution in [0.15, 0.2) is 30.5 Å². The Morgan fingerprint density at radius 2 is 1.90 bits per heavy atom. The molecule has 9 heteroatoms. The highest BCUT2D eigenvalue weighted by Gasteiger charge is 2.39. The average molecular weight is 447 g/mol. The molecule has 0 bridgehead atoms. The molecule has 2 aromatic rings. The van der Waals surface area contributed by atoms with Crippen molar-refractivity contribution in [2.75, 3.05) is 32.4 Å². The number of para-hydroxylation sites is 1. The van der Waals surface area contributed by atoms with Gasteiger partial charge < -0.3 is 15.2 Å². The zero-order chi connectivity index (χ0) is 22.0. The van der Waals surface area contributed by atoms with E-state index in [0.717, 1.165) is 29.3 Å². The first kappa shape index (κ1) is 21.8. The van der Waals surface area contributed by atoms with E-state index >= 15 is 0 Å². The normalized spacial score (nSPS) is 23.9. The Bertz CT molecular complexity index is 1060. The topological polar surface area (TPSA) is 103 Å². The van der Waals surface area contributed by atoms with Gasteiger partial charge in [0.15, 0.2) is 0 Å². The van der Waals surface area contributed by atoms with Crippen LogP contribution in [0.1, 0.15) is 31.2 Å². The standard InChI is InChI=1S/C22H30N4O4S/c1-31(29,30)26-13-12-25(11-10-23-22(28)18-7-3-5-9-20(18)26)21(27)14-16-15-24-19-8-4-2-6-17(16)19/h2,4,6,8,15,18,20,24H,3,5,7,9-14H2,1H3,(H,23,28)/t18-,20+/m0/s1. The number of nitrogens with one attached hydrogen (secondary N) is 2. The second-order valence-corrected chi connectivity index (χ2v) is 10.5. The number of amides is 2. The Labute approximate surface area is 183 Å². The number of hydrogen-bond acceptors (Lipinski definition) is 4. The lowest BCUT2D eigenvalue weighted by Crippen LogP contribution is -2.55. The fourth-order valence-corrected chi connectivity index (χ4v) is 6.08. The van der Waals surface area contributed by atoms with Gasteiger partial charge >= 0.3 is 0 Å². The van der Waals surface area contributed by atoms with Gasteiger partial charge in [0, 0.05) is 49.3 Å². The Hall–Kier alpha value is -2.39. The van der Waals surface area contributed by atoms with Crippen molar-refractivity contribution in [2.45, 2.75) is 38.1 Å². The number of benzene rings is 1. The predicted octanol–water partition coefficient (Wildman–Crippen LogP) is 1.49. The van der Waals surface area contributed by atoms with E-state index in [2.05, 4.69) is 10.3 Å². The molecule has 4 rings (SSSR count). The summed E-state index contributed by atoms with van der Waals surface area (Å²) in [6.07, 6.45) is 6.48. The van der Waals surface area contributed by atoms with Gasteiger partial charge in [-0.2, -0.15) is 4.31 Å². The average Bonchev–Trinajstić information content (AvgIpc) is 3.14. The van der Waals surface area contributed by atoms with E-state index in [1.165, 1.54) is 10.6 Å². The molecule has 2 atom stereocenters. The van der Waals surface area contributed by atoms with Crippen LogP contribution in [0.2, 0.25) is 0 Å². The van der Waals surface area contributed by atoms with Crippen LogP contribution in [0, 0.1) is 5.92 Å². The summed E-state index contributed by atoms with van der Waals surface area (Å²) in [5.74, 6) is -0.505. The number of hydrogen-bond donors (Lipinski definition) is 2. The third kappa shape index (κ3) is 4.77. The molecule has 2 aliphatic rings. The summed E-state index contributed by atoms with van der Waals surface area (Å²) in [5.41, 5.74) is 1.89. The van der Waals surface area contributed by atoms with E-state index in [1.54, 1.807) is 4.90 Å². The molecule has 2 fully saturated rings. The van der Waals surface area contributed by atoms with Gasteiger partial charge in [-0.1, -0.05) is 31.0 Å². The molecule has 1 aliphatic heterocycles. The number of aromatic amines is 1. The van der Waals surface area contributed by atoms with Crippen LogP contribution in [0.5, 0.6) is 0 Å². The second kappa shape index (κ2) is 9.00. The van der Waals surface area contributed by atoms with Crippen molar-refractivity contribution < 1.29 is 18.0 Å². The molecule has 1 aromatic heterocycles. The third-order valence-electron chi connectivity index (χ3n) is 6.50. The highest BCUT2D eigenvalue weighted by molar-refractivity contribution is 7.88. The number of aromatic nitrogens is 1. The maximum Gasteiger partial charge on any atom is 0.227 e. The molecule has 168 valence electrons. The summed E-state index contributed by atoms with van der Waals surface area (Å²) in [7, 11) is -3.50. The van der Waals surface area contributed by atoms with Gasteiger partial charge in [-0.25, -0.2) is 8.42 Å². The summed E-state index contributed by atoms with van der Waals surface area (Å²) in [6, 6.07) is 7.48. The largest absolute Gasteiger partial charge is 0.361 e. The van der Waals surface area contributed by atoms with Crippen molar-refractivity contribution in [3.63, 3.8) is 0 Å². The minimum absolute atomic E-state index is 0.0757. The van der Waals surface area contributed by atoms with Crippen LogP contribution < -0.4 is 5.32 Å². The number of sulfonamides is 1. The summed E-state index contributed by atoms with van der Waals surface area (Å²) >= 11 is 0. The van der Waals surface area contributed by atoms with Crippen molar-refractivity contribution in [3.05, 3.63) is 36.0 Å². The van der Waals surface area contributed by atoms with Gasteiger partial charge in [0.25, 0.3) is 0 Å². The highest BCUT2D eigenvalue weighted by Crippen LogP contribution is 2.30. The maximum atomic E-state index is 13.1. The fourth-order valence-electron chi connectivity index (χ4n) is 4.92. The van der Waals surface area contributed by atoms with Gasteiger partial charge in [0.05, 0.1) is 18.6 Å². The molecule has 8 nitrogen and oxygen atoms in total. The maximum absolute atomic E-state index is 13.1. The molecule has 2 amide bonds. The lowest BCUT2D eigenvalue weighted by atomic mass is 9.83. The molecule has 0 radical (unpaired) electrons. The Morgan fingerprint density at radius 3 is 2.71 bits per heavy atom. The van der Waals surface area contributed by atoms with Crippen molar-refractivity contribution in [1.29, 1.82) is 0 Å². The molecule has 31 heavy (non-hydrogen) atoms. The highest BCUT2D eigenvalue weighted by atomic mass is 32.2. The molecule has 2 heterocycles. The molecule has 2 N–H and O–H groups in total. The van der Waals surface area contributed by atoms with Crippen molar-refractivity contribution in [2.24, 2.45) is 5.92 Å². The Balaban J connectivity index is 1.54. The minimum atomic E-state index is -3.50. The number of carbonyl (C=O) groups is 2.